The van der Waals surface area contributed by atoms with E-state index in [0.29, 0.717) is 5.41 Å². The Morgan fingerprint density at radius 3 is 2.23 bits per heavy atom. The number of carbonyl (C=O) groups excluding carboxylic acids is 1. The molecule has 0 saturated carbocycles. The van der Waals surface area contributed by atoms with Gasteiger partial charge in [0.15, 0.2) is 0 Å². The molecule has 3 nitrogen and oxygen atoms in total. The van der Waals surface area contributed by atoms with Crippen LogP contribution in [0.1, 0.15) is 56.0 Å². The molecule has 2 aliphatic heterocycles. The summed E-state index contributed by atoms with van der Waals surface area (Å²) in [4.78, 5) is 14.7. The lowest BCUT2D eigenvalue weighted by Crippen LogP contribution is -2.44. The highest BCUT2D eigenvalue weighted by Crippen LogP contribution is 2.37. The lowest BCUT2D eigenvalue weighted by Gasteiger charge is -2.39. The highest BCUT2D eigenvalue weighted by molar-refractivity contribution is 5.94. The zero-order valence-electron chi connectivity index (χ0n) is 14.1. The van der Waals surface area contributed by atoms with Crippen LogP contribution in [0.2, 0.25) is 0 Å². The SMILES string of the molecule is CC(C)(C)c1ccc(C(=O)N2CCC3(CCNC3)CC2)cc1. The molecule has 2 heterocycles. The van der Waals surface area contributed by atoms with Crippen molar-refractivity contribution in [3.63, 3.8) is 0 Å². The van der Waals surface area contributed by atoms with E-state index in [9.17, 15) is 4.79 Å². The number of hydrogen-bond donors (Lipinski definition) is 1. The molecule has 0 aromatic heterocycles. The van der Waals surface area contributed by atoms with Gasteiger partial charge in [0.1, 0.15) is 0 Å². The van der Waals surface area contributed by atoms with Crippen LogP contribution in [-0.4, -0.2) is 37.0 Å². The van der Waals surface area contributed by atoms with E-state index in [1.807, 2.05) is 17.0 Å². The van der Waals surface area contributed by atoms with Crippen molar-refractivity contribution in [2.24, 2.45) is 5.41 Å². The van der Waals surface area contributed by atoms with Gasteiger partial charge in [-0.1, -0.05) is 32.9 Å². The van der Waals surface area contributed by atoms with Gasteiger partial charge in [0, 0.05) is 25.2 Å². The molecule has 0 atom stereocenters. The van der Waals surface area contributed by atoms with Gasteiger partial charge in [0.05, 0.1) is 0 Å². The average Bonchev–Trinajstić information content (AvgIpc) is 2.95. The van der Waals surface area contributed by atoms with Crippen molar-refractivity contribution in [3.8, 4) is 0 Å². The molecule has 3 heteroatoms. The fourth-order valence-electron chi connectivity index (χ4n) is 3.70. The first-order valence-electron chi connectivity index (χ1n) is 8.50. The third-order valence-corrected chi connectivity index (χ3v) is 5.44. The van der Waals surface area contributed by atoms with Gasteiger partial charge in [-0.2, -0.15) is 0 Å². The van der Waals surface area contributed by atoms with Crippen LogP contribution >= 0.6 is 0 Å². The summed E-state index contributed by atoms with van der Waals surface area (Å²) < 4.78 is 0. The van der Waals surface area contributed by atoms with Crippen molar-refractivity contribution in [1.82, 2.24) is 10.2 Å². The fourth-order valence-corrected chi connectivity index (χ4v) is 3.70. The first-order chi connectivity index (χ1) is 10.4. The van der Waals surface area contributed by atoms with E-state index < -0.39 is 0 Å². The van der Waals surface area contributed by atoms with E-state index in [2.05, 4.69) is 38.2 Å². The first-order valence-corrected chi connectivity index (χ1v) is 8.50. The smallest absolute Gasteiger partial charge is 0.253 e. The third kappa shape index (κ3) is 3.05. The predicted octanol–water partition coefficient (Wildman–Crippen LogP) is 3.20. The zero-order chi connectivity index (χ0) is 15.8. The summed E-state index contributed by atoms with van der Waals surface area (Å²) in [7, 11) is 0. The van der Waals surface area contributed by atoms with Gasteiger partial charge in [0.25, 0.3) is 5.91 Å². The molecular formula is C19H28N2O. The fraction of sp³-hybridized carbons (Fsp3) is 0.632. The van der Waals surface area contributed by atoms with E-state index in [1.54, 1.807) is 0 Å². The molecule has 0 aliphatic carbocycles. The number of benzene rings is 1. The number of carbonyl (C=O) groups is 1. The maximum Gasteiger partial charge on any atom is 0.253 e. The van der Waals surface area contributed by atoms with Crippen LogP contribution in [0.5, 0.6) is 0 Å². The van der Waals surface area contributed by atoms with Crippen LogP contribution in [0.3, 0.4) is 0 Å². The van der Waals surface area contributed by atoms with Crippen molar-refractivity contribution in [3.05, 3.63) is 35.4 Å². The summed E-state index contributed by atoms with van der Waals surface area (Å²) >= 11 is 0. The minimum atomic E-state index is 0.133. The van der Waals surface area contributed by atoms with Crippen LogP contribution in [0.15, 0.2) is 24.3 Å². The summed E-state index contributed by atoms with van der Waals surface area (Å²) in [5.74, 6) is 0.196. The molecule has 1 aromatic carbocycles. The van der Waals surface area contributed by atoms with Gasteiger partial charge in [-0.15, -0.1) is 0 Å². The summed E-state index contributed by atoms with van der Waals surface area (Å²) in [5.41, 5.74) is 2.70. The lowest BCUT2D eigenvalue weighted by molar-refractivity contribution is 0.0607. The molecule has 2 aliphatic rings. The Hall–Kier alpha value is -1.35. The molecule has 1 amide bonds. The number of hydrogen-bond acceptors (Lipinski definition) is 2. The van der Waals surface area contributed by atoms with Gasteiger partial charge in [0.2, 0.25) is 0 Å². The molecule has 120 valence electrons. The Bertz CT molecular complexity index is 526. The van der Waals surface area contributed by atoms with Crippen molar-refractivity contribution < 1.29 is 4.79 Å². The van der Waals surface area contributed by atoms with Gasteiger partial charge in [-0.05, 0) is 54.3 Å². The van der Waals surface area contributed by atoms with Gasteiger partial charge in [-0.25, -0.2) is 0 Å². The zero-order valence-corrected chi connectivity index (χ0v) is 14.1. The second kappa shape index (κ2) is 5.69. The molecule has 3 rings (SSSR count). The van der Waals surface area contributed by atoms with Crippen molar-refractivity contribution in [2.45, 2.75) is 45.4 Å². The van der Waals surface area contributed by atoms with Crippen LogP contribution < -0.4 is 5.32 Å². The number of likely N-dealkylation sites (tertiary alicyclic amines) is 1. The largest absolute Gasteiger partial charge is 0.339 e. The van der Waals surface area contributed by atoms with Gasteiger partial charge in [-0.3, -0.25) is 4.79 Å². The Balaban J connectivity index is 1.65. The molecular weight excluding hydrogens is 272 g/mol. The number of nitrogens with zero attached hydrogens (tertiary/aromatic N) is 1. The quantitative estimate of drug-likeness (QED) is 0.864. The third-order valence-electron chi connectivity index (χ3n) is 5.44. The molecule has 1 spiro atoms. The van der Waals surface area contributed by atoms with Gasteiger partial charge >= 0.3 is 0 Å². The number of rotatable bonds is 1. The standard InChI is InChI=1S/C19H28N2O/c1-18(2,3)16-6-4-15(5-7-16)17(22)21-12-9-19(10-13-21)8-11-20-14-19/h4-7,20H,8-14H2,1-3H3. The Kier molecular flexibility index (Phi) is 4.02. The summed E-state index contributed by atoms with van der Waals surface area (Å²) in [6, 6.07) is 8.17. The Morgan fingerprint density at radius 2 is 1.73 bits per heavy atom. The molecule has 0 bridgehead atoms. The second-order valence-corrected chi connectivity index (χ2v) is 8.05. The van der Waals surface area contributed by atoms with Gasteiger partial charge < -0.3 is 10.2 Å². The minimum absolute atomic E-state index is 0.133. The van der Waals surface area contributed by atoms with Crippen LogP contribution in [0.4, 0.5) is 0 Å². The minimum Gasteiger partial charge on any atom is -0.339 e. The second-order valence-electron chi connectivity index (χ2n) is 8.05. The monoisotopic (exact) mass is 300 g/mol. The first kappa shape index (κ1) is 15.5. The van der Waals surface area contributed by atoms with Crippen molar-refractivity contribution >= 4 is 5.91 Å². The van der Waals surface area contributed by atoms with E-state index in [4.69, 9.17) is 0 Å². The van der Waals surface area contributed by atoms with Crippen molar-refractivity contribution in [2.75, 3.05) is 26.2 Å². The highest BCUT2D eigenvalue weighted by Gasteiger charge is 2.38. The lowest BCUT2D eigenvalue weighted by atomic mass is 9.77. The Morgan fingerprint density at radius 1 is 1.09 bits per heavy atom. The molecule has 1 N–H and O–H groups in total. The Labute approximate surface area is 134 Å². The summed E-state index contributed by atoms with van der Waals surface area (Å²) in [5, 5.41) is 3.48. The normalized spacial score (nSPS) is 21.3. The average molecular weight is 300 g/mol. The molecule has 0 radical (unpaired) electrons. The molecule has 2 saturated heterocycles. The van der Waals surface area contributed by atoms with Crippen molar-refractivity contribution in [1.29, 1.82) is 0 Å². The van der Waals surface area contributed by atoms with Crippen LogP contribution in [0, 0.1) is 5.41 Å². The summed E-state index contributed by atoms with van der Waals surface area (Å²) in [6.45, 7) is 10.7. The molecule has 2 fully saturated rings. The number of piperidine rings is 1. The van der Waals surface area contributed by atoms with Crippen LogP contribution in [-0.2, 0) is 5.41 Å². The van der Waals surface area contributed by atoms with E-state index in [0.717, 1.165) is 44.6 Å². The van der Waals surface area contributed by atoms with E-state index in [-0.39, 0.29) is 11.3 Å². The maximum absolute atomic E-state index is 12.7. The predicted molar refractivity (Wildman–Crippen MR) is 90.2 cm³/mol. The molecule has 1 aromatic rings. The van der Waals surface area contributed by atoms with Crippen LogP contribution in [0.25, 0.3) is 0 Å². The number of amides is 1. The molecule has 22 heavy (non-hydrogen) atoms. The topological polar surface area (TPSA) is 32.3 Å². The van der Waals surface area contributed by atoms with E-state index in [1.165, 1.54) is 12.0 Å². The highest BCUT2D eigenvalue weighted by atomic mass is 16.2. The molecule has 0 unspecified atom stereocenters. The van der Waals surface area contributed by atoms with E-state index >= 15 is 0 Å². The summed E-state index contributed by atoms with van der Waals surface area (Å²) in [6.07, 6.45) is 3.56. The maximum atomic E-state index is 12.7. The number of nitrogens with one attached hydrogen (secondary N) is 1.